The fourth-order valence-electron chi connectivity index (χ4n) is 1.67. The van der Waals surface area contributed by atoms with Crippen molar-refractivity contribution in [3.63, 3.8) is 0 Å². The SMILES string of the molecule is COc1ccc(C(=O)Nc2cccc(C(=O)[O-])c2)cc1. The van der Waals surface area contributed by atoms with E-state index in [0.717, 1.165) is 0 Å². The highest BCUT2D eigenvalue weighted by Crippen LogP contribution is 2.14. The standard InChI is InChI=1S/C15H13NO4/c1-20-13-7-5-10(6-8-13)14(17)16-12-4-2-3-11(9-12)15(18)19/h2-9H,1H3,(H,16,17)(H,18,19)/p-1. The van der Waals surface area contributed by atoms with Crippen LogP contribution >= 0.6 is 0 Å². The van der Waals surface area contributed by atoms with Crippen LogP contribution in [-0.2, 0) is 0 Å². The van der Waals surface area contributed by atoms with Crippen molar-refractivity contribution in [1.82, 2.24) is 0 Å². The van der Waals surface area contributed by atoms with Gasteiger partial charge in [-0.2, -0.15) is 0 Å². The maximum Gasteiger partial charge on any atom is 0.255 e. The molecule has 2 aromatic rings. The lowest BCUT2D eigenvalue weighted by atomic mass is 10.1. The first-order chi connectivity index (χ1) is 9.60. The molecular weight excluding hydrogens is 258 g/mol. The van der Waals surface area contributed by atoms with E-state index < -0.39 is 5.97 Å². The van der Waals surface area contributed by atoms with Gasteiger partial charge in [0.25, 0.3) is 5.91 Å². The van der Waals surface area contributed by atoms with E-state index in [4.69, 9.17) is 4.74 Å². The van der Waals surface area contributed by atoms with Crippen LogP contribution in [0.25, 0.3) is 0 Å². The van der Waals surface area contributed by atoms with Crippen molar-refractivity contribution < 1.29 is 19.4 Å². The second-order valence-corrected chi connectivity index (χ2v) is 4.05. The summed E-state index contributed by atoms with van der Waals surface area (Å²) in [5.74, 6) is -0.964. The van der Waals surface area contributed by atoms with Gasteiger partial charge in [0.2, 0.25) is 0 Å². The van der Waals surface area contributed by atoms with Crippen molar-refractivity contribution in [1.29, 1.82) is 0 Å². The number of carbonyl (C=O) groups excluding carboxylic acids is 2. The van der Waals surface area contributed by atoms with Crippen molar-refractivity contribution in [2.24, 2.45) is 0 Å². The molecule has 0 aliphatic carbocycles. The number of carboxylic acid groups (broad SMARTS) is 1. The molecule has 0 bridgehead atoms. The van der Waals surface area contributed by atoms with Gasteiger partial charge in [-0.15, -0.1) is 0 Å². The zero-order valence-corrected chi connectivity index (χ0v) is 10.8. The maximum atomic E-state index is 12.0. The fraction of sp³-hybridized carbons (Fsp3) is 0.0667. The molecule has 20 heavy (non-hydrogen) atoms. The Bertz CT molecular complexity index is 635. The minimum atomic E-state index is -1.29. The number of hydrogen-bond donors (Lipinski definition) is 1. The van der Waals surface area contributed by atoms with Crippen LogP contribution in [0.4, 0.5) is 5.69 Å². The second-order valence-electron chi connectivity index (χ2n) is 4.05. The van der Waals surface area contributed by atoms with Crippen LogP contribution in [0.15, 0.2) is 48.5 Å². The molecule has 0 spiro atoms. The lowest BCUT2D eigenvalue weighted by Crippen LogP contribution is -2.22. The highest BCUT2D eigenvalue weighted by Gasteiger charge is 2.06. The molecule has 2 rings (SSSR count). The normalized spacial score (nSPS) is 9.85. The number of nitrogens with one attached hydrogen (secondary N) is 1. The number of amides is 1. The topological polar surface area (TPSA) is 78.5 Å². The summed E-state index contributed by atoms with van der Waals surface area (Å²) >= 11 is 0. The first kappa shape index (κ1) is 13.6. The molecule has 0 atom stereocenters. The molecule has 102 valence electrons. The van der Waals surface area contributed by atoms with Crippen molar-refractivity contribution in [3.05, 3.63) is 59.7 Å². The average Bonchev–Trinajstić information content (AvgIpc) is 2.47. The van der Waals surface area contributed by atoms with Gasteiger partial charge in [0.15, 0.2) is 0 Å². The molecule has 2 aromatic carbocycles. The summed E-state index contributed by atoms with van der Waals surface area (Å²) in [5, 5.41) is 13.4. The molecule has 0 radical (unpaired) electrons. The summed E-state index contributed by atoms with van der Waals surface area (Å²) in [5.41, 5.74) is 0.856. The van der Waals surface area contributed by atoms with Gasteiger partial charge in [0.05, 0.1) is 13.1 Å². The van der Waals surface area contributed by atoms with Gasteiger partial charge in [0.1, 0.15) is 5.75 Å². The number of aromatic carboxylic acids is 1. The average molecular weight is 270 g/mol. The number of ether oxygens (including phenoxy) is 1. The molecule has 0 saturated carbocycles. The van der Waals surface area contributed by atoms with E-state index in [1.807, 2.05) is 0 Å². The summed E-state index contributed by atoms with van der Waals surface area (Å²) in [6.45, 7) is 0. The zero-order chi connectivity index (χ0) is 14.5. The summed E-state index contributed by atoms with van der Waals surface area (Å²) < 4.78 is 5.01. The van der Waals surface area contributed by atoms with E-state index in [0.29, 0.717) is 17.0 Å². The first-order valence-corrected chi connectivity index (χ1v) is 5.87. The monoisotopic (exact) mass is 270 g/mol. The van der Waals surface area contributed by atoms with Gasteiger partial charge >= 0.3 is 0 Å². The van der Waals surface area contributed by atoms with Crippen molar-refractivity contribution in [2.45, 2.75) is 0 Å². The third kappa shape index (κ3) is 3.14. The molecule has 5 nitrogen and oxygen atoms in total. The predicted octanol–water partition coefficient (Wildman–Crippen LogP) is 1.31. The van der Waals surface area contributed by atoms with E-state index in [1.165, 1.54) is 18.2 Å². The second kappa shape index (κ2) is 5.88. The Hall–Kier alpha value is -2.82. The Morgan fingerprint density at radius 3 is 2.35 bits per heavy atom. The number of carboxylic acids is 1. The van der Waals surface area contributed by atoms with Crippen LogP contribution in [0.3, 0.4) is 0 Å². The van der Waals surface area contributed by atoms with E-state index in [9.17, 15) is 14.7 Å². The number of benzene rings is 2. The van der Waals surface area contributed by atoms with Crippen LogP contribution < -0.4 is 15.2 Å². The molecule has 0 aromatic heterocycles. The van der Waals surface area contributed by atoms with Crippen molar-refractivity contribution >= 4 is 17.6 Å². The maximum absolute atomic E-state index is 12.0. The molecule has 0 heterocycles. The van der Waals surface area contributed by atoms with Crippen molar-refractivity contribution in [2.75, 3.05) is 12.4 Å². The van der Waals surface area contributed by atoms with Crippen LogP contribution in [0, 0.1) is 0 Å². The first-order valence-electron chi connectivity index (χ1n) is 5.87. The predicted molar refractivity (Wildman–Crippen MR) is 71.7 cm³/mol. The Kier molecular flexibility index (Phi) is 4.00. The largest absolute Gasteiger partial charge is 0.545 e. The Morgan fingerprint density at radius 1 is 1.05 bits per heavy atom. The van der Waals surface area contributed by atoms with Gasteiger partial charge < -0.3 is 20.0 Å². The molecule has 1 amide bonds. The molecule has 0 saturated heterocycles. The molecule has 5 heteroatoms. The number of anilines is 1. The number of methoxy groups -OCH3 is 1. The van der Waals surface area contributed by atoms with E-state index in [2.05, 4.69) is 5.32 Å². The Balaban J connectivity index is 2.14. The van der Waals surface area contributed by atoms with Crippen LogP contribution in [-0.4, -0.2) is 19.0 Å². The quantitative estimate of drug-likeness (QED) is 0.908. The molecule has 0 fully saturated rings. The molecule has 1 N–H and O–H groups in total. The molecule has 0 aliphatic rings. The lowest BCUT2D eigenvalue weighted by Gasteiger charge is -2.08. The van der Waals surface area contributed by atoms with Crippen LogP contribution in [0.5, 0.6) is 5.75 Å². The van der Waals surface area contributed by atoms with Crippen LogP contribution in [0.1, 0.15) is 20.7 Å². The summed E-state index contributed by atoms with van der Waals surface area (Å²) in [7, 11) is 1.54. The smallest absolute Gasteiger partial charge is 0.255 e. The lowest BCUT2D eigenvalue weighted by molar-refractivity contribution is -0.255. The number of hydrogen-bond acceptors (Lipinski definition) is 4. The molecule has 0 unspecified atom stereocenters. The third-order valence-electron chi connectivity index (χ3n) is 2.71. The Labute approximate surface area is 115 Å². The molecular formula is C15H12NO4-. The van der Waals surface area contributed by atoms with Gasteiger partial charge in [-0.3, -0.25) is 4.79 Å². The van der Waals surface area contributed by atoms with E-state index in [1.54, 1.807) is 37.4 Å². The van der Waals surface area contributed by atoms with Gasteiger partial charge in [-0.25, -0.2) is 0 Å². The van der Waals surface area contributed by atoms with Gasteiger partial charge in [-0.05, 0) is 42.0 Å². The van der Waals surface area contributed by atoms with Crippen LogP contribution in [0.2, 0.25) is 0 Å². The minimum absolute atomic E-state index is 0.0116. The van der Waals surface area contributed by atoms with E-state index >= 15 is 0 Å². The Morgan fingerprint density at radius 2 is 1.75 bits per heavy atom. The van der Waals surface area contributed by atoms with E-state index in [-0.39, 0.29) is 11.5 Å². The number of carbonyl (C=O) groups is 2. The third-order valence-corrected chi connectivity index (χ3v) is 2.71. The minimum Gasteiger partial charge on any atom is -0.545 e. The fourth-order valence-corrected chi connectivity index (χ4v) is 1.67. The molecule has 0 aliphatic heterocycles. The van der Waals surface area contributed by atoms with Crippen molar-refractivity contribution in [3.8, 4) is 5.75 Å². The summed E-state index contributed by atoms with van der Waals surface area (Å²) in [6.07, 6.45) is 0. The highest BCUT2D eigenvalue weighted by molar-refractivity contribution is 6.04. The summed E-state index contributed by atoms with van der Waals surface area (Å²) in [6, 6.07) is 12.5. The highest BCUT2D eigenvalue weighted by atomic mass is 16.5. The summed E-state index contributed by atoms with van der Waals surface area (Å²) in [4.78, 5) is 22.7. The van der Waals surface area contributed by atoms with Gasteiger partial charge in [-0.1, -0.05) is 12.1 Å². The zero-order valence-electron chi connectivity index (χ0n) is 10.8. The number of rotatable bonds is 4. The van der Waals surface area contributed by atoms with Gasteiger partial charge in [0, 0.05) is 11.3 Å².